The summed E-state index contributed by atoms with van der Waals surface area (Å²) in [6, 6.07) is 15.4. The van der Waals surface area contributed by atoms with E-state index in [9.17, 15) is 26.7 Å². The van der Waals surface area contributed by atoms with Crippen molar-refractivity contribution in [1.29, 1.82) is 0 Å². The van der Waals surface area contributed by atoms with Crippen LogP contribution in [0.4, 0.5) is 22.0 Å². The zero-order valence-corrected chi connectivity index (χ0v) is 26.0. The second-order valence-corrected chi connectivity index (χ2v) is 12.7. The van der Waals surface area contributed by atoms with Crippen LogP contribution in [0.3, 0.4) is 0 Å². The summed E-state index contributed by atoms with van der Waals surface area (Å²) in [6.07, 6.45) is -2.34. The largest absolute Gasteiger partial charge is 1.00 e. The van der Waals surface area contributed by atoms with Crippen molar-refractivity contribution in [3.05, 3.63) is 65.2 Å². The van der Waals surface area contributed by atoms with E-state index in [4.69, 9.17) is 4.74 Å². The average Bonchev–Trinajstić information content (AvgIpc) is 3.39. The fourth-order valence-electron chi connectivity index (χ4n) is 8.25. The molecule has 44 heavy (non-hydrogen) atoms. The molecule has 0 radical (unpaired) electrons. The van der Waals surface area contributed by atoms with E-state index in [0.717, 1.165) is 24.0 Å². The molecule has 4 N–H and O–H groups in total. The third-order valence-corrected chi connectivity index (χ3v) is 10.3. The van der Waals surface area contributed by atoms with Gasteiger partial charge in [-0.3, -0.25) is 4.79 Å². The fourth-order valence-corrected chi connectivity index (χ4v) is 8.25. The predicted octanol–water partition coefficient (Wildman–Crippen LogP) is -2.26. The van der Waals surface area contributed by atoms with E-state index in [2.05, 4.69) is 22.8 Å². The van der Waals surface area contributed by atoms with Crippen LogP contribution >= 0.6 is 0 Å². The normalized spacial score (nSPS) is 28.5. The summed E-state index contributed by atoms with van der Waals surface area (Å²) in [7, 11) is 0. The lowest BCUT2D eigenvalue weighted by Gasteiger charge is -2.47. The Morgan fingerprint density at radius 3 is 2.36 bits per heavy atom. The van der Waals surface area contributed by atoms with Crippen molar-refractivity contribution in [1.82, 2.24) is 4.90 Å². The van der Waals surface area contributed by atoms with E-state index in [1.807, 2.05) is 29.2 Å². The van der Waals surface area contributed by atoms with Crippen LogP contribution in [0, 0.1) is 11.8 Å². The number of carbonyl (C=O) groups is 1. The van der Waals surface area contributed by atoms with E-state index in [-0.39, 0.29) is 73.1 Å². The summed E-state index contributed by atoms with van der Waals surface area (Å²) < 4.78 is 72.5. The number of nitrogens with zero attached hydrogens (tertiary/aromatic N) is 1. The predicted molar refractivity (Wildman–Crippen MR) is 146 cm³/mol. The lowest BCUT2D eigenvalue weighted by Crippen LogP contribution is -3.00. The third kappa shape index (κ3) is 6.98. The molecule has 4 aliphatic rings. The summed E-state index contributed by atoms with van der Waals surface area (Å²) in [5.74, 6) is -2.43. The van der Waals surface area contributed by atoms with Crippen LogP contribution in [-0.2, 0) is 16.8 Å². The molecular formula is C32H40Cl2F5N3O2. The third-order valence-electron chi connectivity index (χ3n) is 10.3. The Kier molecular flexibility index (Phi) is 10.8. The molecular weight excluding hydrogens is 624 g/mol. The summed E-state index contributed by atoms with van der Waals surface area (Å²) in [4.78, 5) is 16.6. The van der Waals surface area contributed by atoms with Crippen molar-refractivity contribution in [2.24, 2.45) is 11.8 Å². The highest BCUT2D eigenvalue weighted by atomic mass is 35.5. The van der Waals surface area contributed by atoms with E-state index >= 15 is 0 Å². The first-order valence-electron chi connectivity index (χ1n) is 15.2. The number of benzene rings is 2. The monoisotopic (exact) mass is 663 g/mol. The first-order valence-corrected chi connectivity index (χ1v) is 15.2. The Hall–Kier alpha value is -2.14. The van der Waals surface area contributed by atoms with Gasteiger partial charge in [-0.1, -0.05) is 42.5 Å². The first kappa shape index (κ1) is 34.7. The maximum Gasteiger partial charge on any atom is 0.422 e. The van der Waals surface area contributed by atoms with Crippen molar-refractivity contribution in [3.63, 3.8) is 0 Å². The zero-order chi connectivity index (χ0) is 29.5. The molecule has 2 saturated heterocycles. The number of piperidine rings is 1. The average molecular weight is 665 g/mol. The van der Waals surface area contributed by atoms with E-state index in [0.29, 0.717) is 45.6 Å². The van der Waals surface area contributed by atoms with E-state index in [1.54, 1.807) is 12.1 Å². The molecule has 2 aromatic carbocycles. The van der Waals surface area contributed by atoms with Gasteiger partial charge in [0, 0.05) is 25.4 Å². The number of amides is 1. The molecule has 0 aromatic heterocycles. The van der Waals surface area contributed by atoms with Crippen molar-refractivity contribution < 1.29 is 66.9 Å². The van der Waals surface area contributed by atoms with Crippen LogP contribution in [0.2, 0.25) is 0 Å². The van der Waals surface area contributed by atoms with Crippen LogP contribution in [-0.4, -0.2) is 61.7 Å². The smallest absolute Gasteiger partial charge is 0.422 e. The Morgan fingerprint density at radius 1 is 0.955 bits per heavy atom. The molecule has 3 heterocycles. The number of fused-ring (bicyclic) bond motifs is 2. The summed E-state index contributed by atoms with van der Waals surface area (Å²) in [6.45, 7) is 1.63. The van der Waals surface area contributed by atoms with Crippen molar-refractivity contribution in [3.8, 4) is 5.75 Å². The van der Waals surface area contributed by atoms with Gasteiger partial charge in [-0.15, -0.1) is 0 Å². The Labute approximate surface area is 267 Å². The topological polar surface area (TPSA) is 62.8 Å². The Morgan fingerprint density at radius 2 is 1.66 bits per heavy atom. The molecule has 2 aromatic rings. The van der Waals surface area contributed by atoms with E-state index in [1.165, 1.54) is 5.56 Å². The quantitative estimate of drug-likeness (QED) is 0.355. The molecule has 0 bridgehead atoms. The maximum absolute atomic E-state index is 14.6. The van der Waals surface area contributed by atoms with Gasteiger partial charge in [0.25, 0.3) is 0 Å². The van der Waals surface area contributed by atoms with Gasteiger partial charge >= 0.3 is 6.18 Å². The van der Waals surface area contributed by atoms with Gasteiger partial charge in [0.15, 0.2) is 6.61 Å². The number of alkyl halides is 5. The molecule has 0 unspecified atom stereocenters. The van der Waals surface area contributed by atoms with Gasteiger partial charge in [0.1, 0.15) is 23.6 Å². The standard InChI is InChI=1S/C32H38F5N3O2.2ClH/c33-31(34)12-9-22(10-13-31)27-15-23(21-5-2-1-3-6-21)11-14-40(27)29(41)26-17-39-19-30(26)18-38-16-24-25(30)7-4-8-28(24)42-20-32(35,36)37;;/h1-8,22-23,26-27,38-39H,9-20H2;2*1H/t23-,26+,27+,30+;;/m1../s1. The molecule has 5 nitrogen and oxygen atoms in total. The highest BCUT2D eigenvalue weighted by Gasteiger charge is 2.57. The maximum atomic E-state index is 14.6. The minimum Gasteiger partial charge on any atom is -1.00 e. The molecule has 1 amide bonds. The van der Waals surface area contributed by atoms with Crippen LogP contribution in [0.5, 0.6) is 5.75 Å². The van der Waals surface area contributed by atoms with Crippen molar-refractivity contribution >= 4 is 5.91 Å². The SMILES string of the molecule is O=C([C@@H]1C[NH2+]C[C@]12C[NH2+]Cc1c(OCC(F)(F)F)cccc12)N1CC[C@@H](c2ccccc2)C[C@H]1C1CCC(F)(F)CC1.[Cl-].[Cl-]. The second kappa shape index (κ2) is 13.7. The number of likely N-dealkylation sites (tertiary alicyclic amines) is 1. The summed E-state index contributed by atoms with van der Waals surface area (Å²) in [5.41, 5.74) is 2.33. The number of rotatable bonds is 5. The van der Waals surface area contributed by atoms with Gasteiger partial charge in [0.2, 0.25) is 11.8 Å². The highest BCUT2D eigenvalue weighted by molar-refractivity contribution is 5.82. The van der Waals surface area contributed by atoms with Crippen LogP contribution in [0.15, 0.2) is 48.5 Å². The van der Waals surface area contributed by atoms with Crippen LogP contribution < -0.4 is 40.2 Å². The minimum atomic E-state index is -4.44. The number of carbonyl (C=O) groups excluding carboxylic acids is 1. The lowest BCUT2D eigenvalue weighted by molar-refractivity contribution is -0.691. The summed E-state index contributed by atoms with van der Waals surface area (Å²) >= 11 is 0. The van der Waals surface area contributed by atoms with Gasteiger partial charge in [-0.2, -0.15) is 13.2 Å². The first-order chi connectivity index (χ1) is 20.1. The zero-order valence-electron chi connectivity index (χ0n) is 24.5. The van der Waals surface area contributed by atoms with Crippen LogP contribution in [0.25, 0.3) is 0 Å². The number of halogens is 7. The minimum absolute atomic E-state index is 0. The van der Waals surface area contributed by atoms with Crippen molar-refractivity contribution in [2.45, 2.75) is 74.5 Å². The lowest BCUT2D eigenvalue weighted by atomic mass is 9.67. The van der Waals surface area contributed by atoms with Gasteiger partial charge in [-0.05, 0) is 54.7 Å². The highest BCUT2D eigenvalue weighted by Crippen LogP contribution is 2.46. The number of nitrogens with two attached hydrogens (primary N) is 2. The molecule has 1 aliphatic carbocycles. The van der Waals surface area contributed by atoms with Gasteiger partial charge in [-0.25, -0.2) is 8.78 Å². The molecule has 1 spiro atoms. The fraction of sp³-hybridized carbons (Fsp3) is 0.594. The number of hydrogen-bond acceptors (Lipinski definition) is 2. The Balaban J connectivity index is 0.00000221. The number of quaternary nitrogens is 2. The molecule has 4 atom stereocenters. The number of ether oxygens (including phenoxy) is 1. The molecule has 244 valence electrons. The molecule has 3 fully saturated rings. The number of hydrogen-bond donors (Lipinski definition) is 2. The van der Waals surface area contributed by atoms with Crippen molar-refractivity contribution in [2.75, 3.05) is 32.8 Å². The molecule has 12 heteroatoms. The van der Waals surface area contributed by atoms with Gasteiger partial charge in [0.05, 0.1) is 25.2 Å². The van der Waals surface area contributed by atoms with Gasteiger partial charge < -0.3 is 45.1 Å². The summed E-state index contributed by atoms with van der Waals surface area (Å²) in [5, 5.41) is 4.21. The second-order valence-electron chi connectivity index (χ2n) is 12.7. The Bertz CT molecular complexity index is 1270. The molecule has 3 aliphatic heterocycles. The van der Waals surface area contributed by atoms with E-state index < -0.39 is 24.1 Å². The molecule has 1 saturated carbocycles. The molecule has 6 rings (SSSR count). The van der Waals surface area contributed by atoms with Crippen LogP contribution in [0.1, 0.15) is 61.1 Å².